The molecule has 3 unspecified atom stereocenters. The maximum atomic E-state index is 11.2. The Bertz CT molecular complexity index is 522. The number of carboxylic acids is 3. The van der Waals surface area contributed by atoms with Crippen LogP contribution in [0, 0.1) is 11.8 Å². The van der Waals surface area contributed by atoms with Crippen LogP contribution < -0.4 is 5.32 Å². The number of carbonyl (C=O) groups is 3. The molecule has 0 saturated carbocycles. The van der Waals surface area contributed by atoms with Crippen LogP contribution in [0.2, 0.25) is 0 Å². The zero-order valence-electron chi connectivity index (χ0n) is 12.6. The second-order valence-corrected chi connectivity index (χ2v) is 5.49. The average molecular weight is 311 g/mol. The highest BCUT2D eigenvalue weighted by Gasteiger charge is 2.38. The lowest BCUT2D eigenvalue weighted by Crippen LogP contribution is -2.36. The summed E-state index contributed by atoms with van der Waals surface area (Å²) in [7, 11) is 0. The quantitative estimate of drug-likeness (QED) is 0.555. The van der Waals surface area contributed by atoms with Gasteiger partial charge < -0.3 is 20.6 Å². The average Bonchev–Trinajstić information content (AvgIpc) is 2.81. The Morgan fingerprint density at radius 1 is 1.32 bits per heavy atom. The summed E-state index contributed by atoms with van der Waals surface area (Å²) in [6, 6.07) is -0.910. The smallest absolute Gasteiger partial charge is 0.321 e. The van der Waals surface area contributed by atoms with Crippen LogP contribution in [-0.2, 0) is 14.4 Å². The summed E-state index contributed by atoms with van der Waals surface area (Å²) in [6.45, 7) is 3.69. The lowest BCUT2D eigenvalue weighted by Gasteiger charge is -2.15. The van der Waals surface area contributed by atoms with Gasteiger partial charge in [0.2, 0.25) is 0 Å². The fourth-order valence-corrected chi connectivity index (χ4v) is 2.47. The summed E-state index contributed by atoms with van der Waals surface area (Å²) < 4.78 is 0. The van der Waals surface area contributed by atoms with Crippen LogP contribution in [0.15, 0.2) is 23.3 Å². The number of hydrogen-bond acceptors (Lipinski definition) is 4. The monoisotopic (exact) mass is 311 g/mol. The molecule has 1 saturated heterocycles. The van der Waals surface area contributed by atoms with E-state index in [9.17, 15) is 14.4 Å². The Balaban J connectivity index is 2.89. The van der Waals surface area contributed by atoms with E-state index in [-0.39, 0.29) is 6.42 Å². The fourth-order valence-electron chi connectivity index (χ4n) is 2.47. The molecule has 4 N–H and O–H groups in total. The molecule has 1 heterocycles. The SMILES string of the molecule is CC(/C=C\CC(C)C(=O)O)=C1/CNC(C(=O)O)C1CC(=O)O. The van der Waals surface area contributed by atoms with Crippen LogP contribution in [0.1, 0.15) is 26.7 Å². The van der Waals surface area contributed by atoms with Gasteiger partial charge in [-0.1, -0.05) is 24.6 Å². The summed E-state index contributed by atoms with van der Waals surface area (Å²) in [5.41, 5.74) is 1.52. The molecule has 0 bridgehead atoms. The van der Waals surface area contributed by atoms with Crippen molar-refractivity contribution >= 4 is 17.9 Å². The molecule has 1 rings (SSSR count). The first kappa shape index (κ1) is 17.9. The predicted molar refractivity (Wildman–Crippen MR) is 78.4 cm³/mol. The van der Waals surface area contributed by atoms with Crippen LogP contribution >= 0.6 is 0 Å². The topological polar surface area (TPSA) is 124 Å². The molecular formula is C15H21NO6. The summed E-state index contributed by atoms with van der Waals surface area (Å²) >= 11 is 0. The molecule has 7 nitrogen and oxygen atoms in total. The van der Waals surface area contributed by atoms with Crippen LogP contribution in [0.4, 0.5) is 0 Å². The molecule has 1 aliphatic heterocycles. The number of nitrogens with one attached hydrogen (secondary N) is 1. The normalized spacial score (nSPS) is 25.2. The summed E-state index contributed by atoms with van der Waals surface area (Å²) in [6.07, 6.45) is 3.55. The molecule has 0 amide bonds. The molecule has 0 aromatic carbocycles. The van der Waals surface area contributed by atoms with E-state index < -0.39 is 35.8 Å². The third-order valence-electron chi connectivity index (χ3n) is 3.81. The van der Waals surface area contributed by atoms with Gasteiger partial charge in [-0.25, -0.2) is 0 Å². The Hall–Kier alpha value is -2.15. The lowest BCUT2D eigenvalue weighted by atomic mass is 9.89. The molecule has 0 spiro atoms. The van der Waals surface area contributed by atoms with Gasteiger partial charge in [0.15, 0.2) is 0 Å². The molecule has 22 heavy (non-hydrogen) atoms. The van der Waals surface area contributed by atoms with E-state index in [1.807, 2.05) is 0 Å². The van der Waals surface area contributed by atoms with Gasteiger partial charge in [-0.3, -0.25) is 14.4 Å². The van der Waals surface area contributed by atoms with Crippen LogP contribution in [0.25, 0.3) is 0 Å². The van der Waals surface area contributed by atoms with Crippen molar-refractivity contribution in [3.63, 3.8) is 0 Å². The van der Waals surface area contributed by atoms with Gasteiger partial charge in [0, 0.05) is 12.5 Å². The fraction of sp³-hybridized carbons (Fsp3) is 0.533. The first-order chi connectivity index (χ1) is 10.2. The van der Waals surface area contributed by atoms with Crippen LogP contribution in [-0.4, -0.2) is 45.8 Å². The Morgan fingerprint density at radius 3 is 2.45 bits per heavy atom. The zero-order chi connectivity index (χ0) is 16.9. The highest BCUT2D eigenvalue weighted by atomic mass is 16.4. The van der Waals surface area contributed by atoms with E-state index in [0.717, 1.165) is 11.1 Å². The molecular weight excluding hydrogens is 290 g/mol. The predicted octanol–water partition coefficient (Wildman–Crippen LogP) is 1.12. The van der Waals surface area contributed by atoms with Crippen molar-refractivity contribution in [2.75, 3.05) is 6.54 Å². The van der Waals surface area contributed by atoms with Crippen molar-refractivity contribution in [3.8, 4) is 0 Å². The minimum Gasteiger partial charge on any atom is -0.481 e. The lowest BCUT2D eigenvalue weighted by molar-refractivity contribution is -0.142. The van der Waals surface area contributed by atoms with Crippen molar-refractivity contribution in [1.82, 2.24) is 5.32 Å². The standard InChI is InChI=1S/C15H21NO6/c1-8(4-3-5-9(2)14(19)20)11-7-16-13(15(21)22)10(11)6-12(17)18/h3-4,9-10,13,16H,5-7H2,1-2H3,(H,17,18)(H,19,20)(H,21,22)/b4-3-,11-8+. The Morgan fingerprint density at radius 2 is 1.95 bits per heavy atom. The Labute approximate surface area is 128 Å². The summed E-state index contributed by atoms with van der Waals surface area (Å²) in [4.78, 5) is 32.9. The molecule has 0 aromatic heterocycles. The number of rotatable bonds is 7. The van der Waals surface area contributed by atoms with Crippen molar-refractivity contribution in [3.05, 3.63) is 23.3 Å². The maximum Gasteiger partial charge on any atom is 0.321 e. The van der Waals surface area contributed by atoms with Crippen molar-refractivity contribution in [2.24, 2.45) is 11.8 Å². The van der Waals surface area contributed by atoms with Crippen LogP contribution in [0.5, 0.6) is 0 Å². The van der Waals surface area contributed by atoms with Crippen LogP contribution in [0.3, 0.4) is 0 Å². The molecule has 0 radical (unpaired) electrons. The Kier molecular flexibility index (Phi) is 6.30. The first-order valence-electron chi connectivity index (χ1n) is 7.01. The van der Waals surface area contributed by atoms with E-state index in [4.69, 9.17) is 15.3 Å². The van der Waals surface area contributed by atoms with E-state index in [0.29, 0.717) is 13.0 Å². The largest absolute Gasteiger partial charge is 0.481 e. The van der Waals surface area contributed by atoms with Crippen molar-refractivity contribution in [2.45, 2.75) is 32.7 Å². The summed E-state index contributed by atoms with van der Waals surface area (Å²) in [5.74, 6) is -4.10. The number of aliphatic carboxylic acids is 3. The third-order valence-corrected chi connectivity index (χ3v) is 3.81. The summed E-state index contributed by atoms with van der Waals surface area (Å²) in [5, 5.41) is 29.7. The van der Waals surface area contributed by atoms with E-state index in [1.54, 1.807) is 26.0 Å². The number of hydrogen-bond donors (Lipinski definition) is 4. The molecule has 1 fully saturated rings. The van der Waals surface area contributed by atoms with E-state index in [1.165, 1.54) is 0 Å². The first-order valence-corrected chi connectivity index (χ1v) is 7.01. The molecule has 122 valence electrons. The maximum absolute atomic E-state index is 11.2. The molecule has 3 atom stereocenters. The van der Waals surface area contributed by atoms with Gasteiger partial charge in [0.05, 0.1) is 12.3 Å². The molecule has 7 heteroatoms. The third kappa shape index (κ3) is 4.70. The van der Waals surface area contributed by atoms with Gasteiger partial charge in [-0.15, -0.1) is 0 Å². The van der Waals surface area contributed by atoms with Gasteiger partial charge >= 0.3 is 17.9 Å². The van der Waals surface area contributed by atoms with Crippen molar-refractivity contribution < 1.29 is 29.7 Å². The minimum atomic E-state index is -1.07. The second kappa shape index (κ2) is 7.74. The highest BCUT2D eigenvalue weighted by molar-refractivity contribution is 5.78. The number of carboxylic acid groups (broad SMARTS) is 3. The van der Waals surface area contributed by atoms with Gasteiger partial charge in [-0.05, 0) is 18.9 Å². The second-order valence-electron chi connectivity index (χ2n) is 5.49. The van der Waals surface area contributed by atoms with Gasteiger partial charge in [0.1, 0.15) is 6.04 Å². The van der Waals surface area contributed by atoms with Gasteiger partial charge in [-0.2, -0.15) is 0 Å². The van der Waals surface area contributed by atoms with Gasteiger partial charge in [0.25, 0.3) is 0 Å². The van der Waals surface area contributed by atoms with E-state index in [2.05, 4.69) is 5.32 Å². The zero-order valence-corrected chi connectivity index (χ0v) is 12.6. The highest BCUT2D eigenvalue weighted by Crippen LogP contribution is 2.28. The molecule has 0 aliphatic carbocycles. The molecule has 1 aliphatic rings. The van der Waals surface area contributed by atoms with Crippen molar-refractivity contribution in [1.29, 1.82) is 0 Å². The van der Waals surface area contributed by atoms with E-state index >= 15 is 0 Å². The number of allylic oxidation sites excluding steroid dienone is 3. The minimum absolute atomic E-state index is 0.254. The molecule has 0 aromatic rings.